The van der Waals surface area contributed by atoms with Gasteiger partial charge >= 0.3 is 0 Å². The number of carbonyl (C=O) groups is 1. The molecule has 2 saturated heterocycles. The maximum atomic E-state index is 13.8. The Balaban J connectivity index is 1.68. The Kier molecular flexibility index (Phi) is 2.51. The van der Waals surface area contributed by atoms with Crippen molar-refractivity contribution in [2.75, 3.05) is 25.3 Å². The number of anilines is 1. The molecule has 25 heavy (non-hydrogen) atoms. The van der Waals surface area contributed by atoms with Crippen LogP contribution in [0.25, 0.3) is 0 Å². The van der Waals surface area contributed by atoms with Crippen LogP contribution >= 0.6 is 0 Å². The van der Waals surface area contributed by atoms with Crippen LogP contribution in [0.2, 0.25) is 0 Å². The molecule has 3 heterocycles. The van der Waals surface area contributed by atoms with E-state index >= 15 is 0 Å². The highest BCUT2D eigenvalue weighted by Gasteiger charge is 2.79. The largest absolute Gasteiger partial charge is 0.376 e. The highest BCUT2D eigenvalue weighted by molar-refractivity contribution is 6.08. The van der Waals surface area contributed by atoms with Gasteiger partial charge in [0, 0.05) is 29.8 Å². The van der Waals surface area contributed by atoms with E-state index < -0.39 is 5.41 Å². The van der Waals surface area contributed by atoms with Crippen molar-refractivity contribution in [2.45, 2.75) is 24.0 Å². The van der Waals surface area contributed by atoms with Gasteiger partial charge in [0.1, 0.15) is 5.41 Å². The number of rotatable bonds is 2. The summed E-state index contributed by atoms with van der Waals surface area (Å²) in [5.74, 6) is 1.26. The molecular formula is C20H22N2O3. The van der Waals surface area contributed by atoms with Gasteiger partial charge in [-0.3, -0.25) is 9.63 Å². The molecule has 1 aromatic carbocycles. The van der Waals surface area contributed by atoms with E-state index in [-0.39, 0.29) is 23.3 Å². The van der Waals surface area contributed by atoms with Gasteiger partial charge in [-0.25, -0.2) is 0 Å². The lowest BCUT2D eigenvalue weighted by Gasteiger charge is -2.54. The number of fused-ring (bicyclic) bond motifs is 5. The number of ether oxygens (including phenoxy) is 1. The van der Waals surface area contributed by atoms with Crippen molar-refractivity contribution >= 4 is 11.6 Å². The molecule has 5 nitrogen and oxygen atoms in total. The van der Waals surface area contributed by atoms with Crippen molar-refractivity contribution in [3.05, 3.63) is 42.5 Å². The zero-order chi connectivity index (χ0) is 17.0. The summed E-state index contributed by atoms with van der Waals surface area (Å²) in [7, 11) is 1.57. The highest BCUT2D eigenvalue weighted by Crippen LogP contribution is 2.72. The monoisotopic (exact) mass is 338 g/mol. The first kappa shape index (κ1) is 14.5. The molecule has 6 rings (SSSR count). The Hall–Kier alpha value is -1.69. The number of nitrogens with one attached hydrogen (secondary N) is 1. The molecule has 0 unspecified atom stereocenters. The molecule has 1 amide bonds. The average Bonchev–Trinajstić information content (AvgIpc) is 3.18. The molecule has 5 aliphatic rings. The van der Waals surface area contributed by atoms with Crippen LogP contribution in [-0.4, -0.2) is 38.3 Å². The van der Waals surface area contributed by atoms with Gasteiger partial charge in [0.05, 0.1) is 25.5 Å². The van der Waals surface area contributed by atoms with Gasteiger partial charge < -0.3 is 10.1 Å². The second-order valence-electron chi connectivity index (χ2n) is 8.20. The van der Waals surface area contributed by atoms with Crippen LogP contribution in [0.15, 0.2) is 36.9 Å². The molecule has 3 aliphatic heterocycles. The van der Waals surface area contributed by atoms with E-state index in [1.807, 2.05) is 18.2 Å². The Morgan fingerprint density at radius 2 is 2.28 bits per heavy atom. The lowest BCUT2D eigenvalue weighted by molar-refractivity contribution is -0.158. The van der Waals surface area contributed by atoms with Crippen LogP contribution in [0.4, 0.5) is 5.69 Å². The lowest BCUT2D eigenvalue weighted by Crippen LogP contribution is -2.63. The van der Waals surface area contributed by atoms with E-state index in [0.717, 1.165) is 30.8 Å². The van der Waals surface area contributed by atoms with Gasteiger partial charge in [0.2, 0.25) is 0 Å². The molecule has 130 valence electrons. The number of para-hydroxylation sites is 1. The molecule has 1 N–H and O–H groups in total. The molecule has 1 aromatic rings. The van der Waals surface area contributed by atoms with Crippen molar-refractivity contribution < 1.29 is 14.4 Å². The summed E-state index contributed by atoms with van der Waals surface area (Å²) in [6.45, 7) is 5.88. The third kappa shape index (κ3) is 1.26. The smallest absolute Gasteiger partial charge is 0.264 e. The van der Waals surface area contributed by atoms with E-state index in [4.69, 9.17) is 9.57 Å². The minimum absolute atomic E-state index is 0.0257. The van der Waals surface area contributed by atoms with Crippen LogP contribution < -0.4 is 10.4 Å². The standard InChI is InChI=1S/C20H22N2O3/c1-3-19-10-21-16-11-9-25-15(8-13(11)19)20(17(16)19)12-6-4-5-7-14(12)22(24-2)18(20)23/h3-7,11,13,15-17,21H,1,8-10H2,2H3/t11-,13+,15+,16+,17-,19-,20-/m0/s1. The number of hydroxylamine groups is 1. The molecular weight excluding hydrogens is 316 g/mol. The van der Waals surface area contributed by atoms with E-state index in [0.29, 0.717) is 17.9 Å². The zero-order valence-corrected chi connectivity index (χ0v) is 14.3. The first-order valence-corrected chi connectivity index (χ1v) is 9.17. The molecule has 7 atom stereocenters. The molecule has 5 bridgehead atoms. The first-order chi connectivity index (χ1) is 12.2. The van der Waals surface area contributed by atoms with Gasteiger partial charge in [-0.1, -0.05) is 24.3 Å². The predicted octanol–water partition coefficient (Wildman–Crippen LogP) is 1.64. The molecule has 0 aromatic heterocycles. The number of nitrogens with zero attached hydrogens (tertiary/aromatic N) is 1. The van der Waals surface area contributed by atoms with E-state index in [9.17, 15) is 4.79 Å². The number of benzene rings is 1. The average molecular weight is 338 g/mol. The summed E-state index contributed by atoms with van der Waals surface area (Å²) in [6, 6.07) is 8.37. The molecule has 2 aliphatic carbocycles. The molecule has 1 spiro atoms. The second-order valence-corrected chi connectivity index (χ2v) is 8.20. The van der Waals surface area contributed by atoms with Gasteiger partial charge in [0.15, 0.2) is 0 Å². The predicted molar refractivity (Wildman–Crippen MR) is 91.9 cm³/mol. The maximum absolute atomic E-state index is 13.8. The molecule has 4 fully saturated rings. The maximum Gasteiger partial charge on any atom is 0.264 e. The second kappa shape index (κ2) is 4.34. The lowest BCUT2D eigenvalue weighted by atomic mass is 9.51. The topological polar surface area (TPSA) is 50.8 Å². The molecule has 2 saturated carbocycles. The Morgan fingerprint density at radius 1 is 1.44 bits per heavy atom. The van der Waals surface area contributed by atoms with Gasteiger partial charge in [-0.2, -0.15) is 5.06 Å². The van der Waals surface area contributed by atoms with Crippen LogP contribution in [0.1, 0.15) is 12.0 Å². The minimum atomic E-state index is -0.670. The van der Waals surface area contributed by atoms with Crippen molar-refractivity contribution in [1.82, 2.24) is 5.32 Å². The highest BCUT2D eigenvalue weighted by atomic mass is 16.7. The van der Waals surface area contributed by atoms with Crippen molar-refractivity contribution in [3.63, 3.8) is 0 Å². The molecule has 0 radical (unpaired) electrons. The van der Waals surface area contributed by atoms with Crippen molar-refractivity contribution in [3.8, 4) is 0 Å². The summed E-state index contributed by atoms with van der Waals surface area (Å²) in [5, 5.41) is 5.21. The first-order valence-electron chi connectivity index (χ1n) is 9.17. The van der Waals surface area contributed by atoms with Crippen molar-refractivity contribution in [2.24, 2.45) is 23.2 Å². The fourth-order valence-electron chi connectivity index (χ4n) is 7.17. The fraction of sp³-hybridized carbons (Fsp3) is 0.550. The van der Waals surface area contributed by atoms with Gasteiger partial charge in [-0.05, 0) is 24.0 Å². The summed E-state index contributed by atoms with van der Waals surface area (Å²) in [6.07, 6.45) is 3.00. The Labute approximate surface area is 146 Å². The number of hydrogen-bond acceptors (Lipinski definition) is 4. The fourth-order valence-corrected chi connectivity index (χ4v) is 7.17. The van der Waals surface area contributed by atoms with Crippen LogP contribution in [0.3, 0.4) is 0 Å². The summed E-state index contributed by atoms with van der Waals surface area (Å²) >= 11 is 0. The van der Waals surface area contributed by atoms with Crippen LogP contribution in [-0.2, 0) is 19.8 Å². The van der Waals surface area contributed by atoms with Crippen LogP contribution in [0.5, 0.6) is 0 Å². The normalized spacial score (nSPS) is 48.4. The number of hydrogen-bond donors (Lipinski definition) is 1. The summed E-state index contributed by atoms with van der Waals surface area (Å²) in [5.41, 5.74) is 1.24. The number of amides is 1. The summed E-state index contributed by atoms with van der Waals surface area (Å²) in [4.78, 5) is 19.3. The minimum Gasteiger partial charge on any atom is -0.376 e. The number of carbonyl (C=O) groups excluding carboxylic acids is 1. The number of piperidine rings is 1. The third-order valence-corrected chi connectivity index (χ3v) is 7.88. The van der Waals surface area contributed by atoms with Gasteiger partial charge in [-0.15, -0.1) is 6.58 Å². The SMILES string of the molecule is C=C[C@]12CN[C@@H]3[C@H]4CO[C@H](C[C@H]41)[C@]1(C(=O)N(OC)c4ccccc41)[C@@H]32. The third-order valence-electron chi connectivity index (χ3n) is 7.88. The van der Waals surface area contributed by atoms with E-state index in [1.165, 1.54) is 5.06 Å². The van der Waals surface area contributed by atoms with E-state index in [1.54, 1.807) is 7.11 Å². The summed E-state index contributed by atoms with van der Waals surface area (Å²) < 4.78 is 6.33. The molecule has 5 heteroatoms. The Morgan fingerprint density at radius 3 is 3.08 bits per heavy atom. The van der Waals surface area contributed by atoms with Gasteiger partial charge in [0.25, 0.3) is 5.91 Å². The van der Waals surface area contributed by atoms with Crippen LogP contribution in [0, 0.1) is 23.2 Å². The van der Waals surface area contributed by atoms with Crippen molar-refractivity contribution in [1.29, 1.82) is 0 Å². The quantitative estimate of drug-likeness (QED) is 0.833. The Bertz CT molecular complexity index is 810. The zero-order valence-electron chi connectivity index (χ0n) is 14.3. The van der Waals surface area contributed by atoms with E-state index in [2.05, 4.69) is 24.0 Å².